The Morgan fingerprint density at radius 2 is 2.13 bits per heavy atom. The molecule has 1 heterocycles. The van der Waals surface area contributed by atoms with E-state index in [0.717, 1.165) is 18.2 Å². The summed E-state index contributed by atoms with van der Waals surface area (Å²) in [5.41, 5.74) is 5.62. The Kier molecular flexibility index (Phi) is 2.75. The maximum atomic E-state index is 13.3. The van der Waals surface area contributed by atoms with E-state index in [9.17, 15) is 8.78 Å². The van der Waals surface area contributed by atoms with Gasteiger partial charge in [0, 0.05) is 18.3 Å². The van der Waals surface area contributed by atoms with Gasteiger partial charge in [0.05, 0.1) is 4.88 Å². The zero-order valence-corrected chi connectivity index (χ0v) is 8.52. The highest BCUT2D eigenvalue weighted by atomic mass is 32.1. The minimum Gasteiger partial charge on any atom is -0.325 e. The lowest BCUT2D eigenvalue weighted by atomic mass is 10.2. The second-order valence-corrected chi connectivity index (χ2v) is 4.06. The average Bonchev–Trinajstić information content (AvgIpc) is 2.70. The zero-order valence-electron chi connectivity index (χ0n) is 7.71. The lowest BCUT2D eigenvalue weighted by molar-refractivity contribution is 0.603. The fraction of sp³-hybridized carbons (Fsp3) is 0.100. The van der Waals surface area contributed by atoms with Gasteiger partial charge >= 0.3 is 0 Å². The monoisotopic (exact) mass is 226 g/mol. The Balaban J connectivity index is 2.48. The molecule has 2 aromatic rings. The number of nitrogens with zero attached hydrogens (tertiary/aromatic N) is 1. The molecular formula is C10H8F2N2S. The Labute approximate surface area is 89.4 Å². The van der Waals surface area contributed by atoms with Crippen LogP contribution in [0.25, 0.3) is 10.4 Å². The highest BCUT2D eigenvalue weighted by molar-refractivity contribution is 7.15. The minimum absolute atomic E-state index is 0.229. The van der Waals surface area contributed by atoms with Gasteiger partial charge in [-0.3, -0.25) is 0 Å². The van der Waals surface area contributed by atoms with Crippen LogP contribution in [0.15, 0.2) is 24.4 Å². The van der Waals surface area contributed by atoms with Gasteiger partial charge in [0.25, 0.3) is 0 Å². The predicted molar refractivity (Wildman–Crippen MR) is 55.4 cm³/mol. The summed E-state index contributed by atoms with van der Waals surface area (Å²) in [6, 6.07) is 3.35. The Bertz CT molecular complexity index is 482. The van der Waals surface area contributed by atoms with Crippen molar-refractivity contribution in [1.82, 2.24) is 4.98 Å². The van der Waals surface area contributed by atoms with Crippen molar-refractivity contribution >= 4 is 11.3 Å². The number of thiazole rings is 1. The summed E-state index contributed by atoms with van der Waals surface area (Å²) in [7, 11) is 0. The van der Waals surface area contributed by atoms with Crippen LogP contribution in [0.2, 0.25) is 0 Å². The van der Waals surface area contributed by atoms with Gasteiger partial charge in [-0.05, 0) is 18.2 Å². The van der Waals surface area contributed by atoms with Gasteiger partial charge in [0.2, 0.25) is 0 Å². The van der Waals surface area contributed by atoms with Crippen LogP contribution in [0.5, 0.6) is 0 Å². The molecule has 78 valence electrons. The lowest BCUT2D eigenvalue weighted by Crippen LogP contribution is -1.93. The molecule has 0 aliphatic heterocycles. The third-order valence-electron chi connectivity index (χ3n) is 1.92. The number of rotatable bonds is 2. The summed E-state index contributed by atoms with van der Waals surface area (Å²) in [6.07, 6.45) is 1.50. The van der Waals surface area contributed by atoms with Crippen molar-refractivity contribution < 1.29 is 8.78 Å². The van der Waals surface area contributed by atoms with Crippen LogP contribution in [0, 0.1) is 11.6 Å². The van der Waals surface area contributed by atoms with Gasteiger partial charge in [-0.1, -0.05) is 0 Å². The van der Waals surface area contributed by atoms with Gasteiger partial charge in [-0.2, -0.15) is 0 Å². The molecule has 1 aromatic carbocycles. The Hall–Kier alpha value is -1.33. The van der Waals surface area contributed by atoms with Crippen LogP contribution in [-0.4, -0.2) is 4.98 Å². The second-order valence-electron chi connectivity index (χ2n) is 2.95. The first-order valence-corrected chi connectivity index (χ1v) is 5.12. The highest BCUT2D eigenvalue weighted by Gasteiger charge is 2.09. The number of aromatic nitrogens is 1. The summed E-state index contributed by atoms with van der Waals surface area (Å²) in [6.45, 7) is 0.307. The van der Waals surface area contributed by atoms with Crippen molar-refractivity contribution in [2.75, 3.05) is 0 Å². The molecular weight excluding hydrogens is 218 g/mol. The fourth-order valence-corrected chi connectivity index (χ4v) is 2.03. The van der Waals surface area contributed by atoms with E-state index in [-0.39, 0.29) is 5.56 Å². The summed E-state index contributed by atoms with van der Waals surface area (Å²) in [4.78, 5) is 4.58. The van der Waals surface area contributed by atoms with E-state index >= 15 is 0 Å². The molecule has 0 saturated carbocycles. The minimum atomic E-state index is -0.464. The van der Waals surface area contributed by atoms with E-state index in [2.05, 4.69) is 4.98 Å². The number of hydrogen-bond acceptors (Lipinski definition) is 3. The molecule has 5 heteroatoms. The van der Waals surface area contributed by atoms with Crippen molar-refractivity contribution in [2.24, 2.45) is 5.73 Å². The van der Waals surface area contributed by atoms with Crippen LogP contribution >= 0.6 is 11.3 Å². The summed E-state index contributed by atoms with van der Waals surface area (Å²) < 4.78 is 26.3. The van der Waals surface area contributed by atoms with E-state index in [1.54, 1.807) is 0 Å². The Morgan fingerprint density at radius 3 is 2.80 bits per heavy atom. The molecule has 0 bridgehead atoms. The Morgan fingerprint density at radius 1 is 1.33 bits per heavy atom. The molecule has 2 nitrogen and oxygen atoms in total. The molecule has 0 fully saturated rings. The second kappa shape index (κ2) is 4.04. The summed E-state index contributed by atoms with van der Waals surface area (Å²) in [5.74, 6) is -0.919. The molecule has 2 N–H and O–H groups in total. The standard InChI is InChI=1S/C10H8F2N2S/c11-6-1-2-8(12)7(3-6)9-5-14-10(4-13)15-9/h1-3,5H,4,13H2. The molecule has 0 radical (unpaired) electrons. The van der Waals surface area contributed by atoms with E-state index in [1.807, 2.05) is 0 Å². The van der Waals surface area contributed by atoms with Crippen LogP contribution in [0.1, 0.15) is 5.01 Å². The van der Waals surface area contributed by atoms with E-state index in [0.29, 0.717) is 16.4 Å². The van der Waals surface area contributed by atoms with Gasteiger partial charge in [0.1, 0.15) is 16.6 Å². The lowest BCUT2D eigenvalue weighted by Gasteiger charge is -1.98. The molecule has 0 saturated heterocycles. The first-order chi connectivity index (χ1) is 7.20. The van der Waals surface area contributed by atoms with Crippen molar-refractivity contribution in [1.29, 1.82) is 0 Å². The fourth-order valence-electron chi connectivity index (χ4n) is 1.22. The number of hydrogen-bond donors (Lipinski definition) is 1. The molecule has 1 aromatic heterocycles. The maximum Gasteiger partial charge on any atom is 0.132 e. The molecule has 0 atom stereocenters. The number of benzene rings is 1. The van der Waals surface area contributed by atoms with Crippen molar-refractivity contribution in [2.45, 2.75) is 6.54 Å². The van der Waals surface area contributed by atoms with Crippen LogP contribution < -0.4 is 5.73 Å². The average molecular weight is 226 g/mol. The van der Waals surface area contributed by atoms with Crippen LogP contribution in [0.4, 0.5) is 8.78 Å². The number of nitrogens with two attached hydrogens (primary N) is 1. The smallest absolute Gasteiger partial charge is 0.132 e. The van der Waals surface area contributed by atoms with Gasteiger partial charge in [0.15, 0.2) is 0 Å². The molecule has 0 unspecified atom stereocenters. The predicted octanol–water partition coefficient (Wildman–Crippen LogP) is 2.55. The van der Waals surface area contributed by atoms with E-state index in [4.69, 9.17) is 5.73 Å². The molecule has 0 aliphatic carbocycles. The largest absolute Gasteiger partial charge is 0.325 e. The molecule has 0 amide bonds. The normalized spacial score (nSPS) is 10.6. The van der Waals surface area contributed by atoms with Crippen molar-refractivity contribution in [3.8, 4) is 10.4 Å². The quantitative estimate of drug-likeness (QED) is 0.854. The summed E-state index contributed by atoms with van der Waals surface area (Å²) in [5, 5.41) is 0.702. The third-order valence-corrected chi connectivity index (χ3v) is 2.97. The SMILES string of the molecule is NCc1ncc(-c2cc(F)ccc2F)s1. The summed E-state index contributed by atoms with van der Waals surface area (Å²) >= 11 is 1.27. The van der Waals surface area contributed by atoms with Crippen molar-refractivity contribution in [3.63, 3.8) is 0 Å². The highest BCUT2D eigenvalue weighted by Crippen LogP contribution is 2.28. The topological polar surface area (TPSA) is 38.9 Å². The number of halogens is 2. The van der Waals surface area contributed by atoms with Crippen LogP contribution in [-0.2, 0) is 6.54 Å². The van der Waals surface area contributed by atoms with Gasteiger partial charge in [-0.25, -0.2) is 13.8 Å². The van der Waals surface area contributed by atoms with Crippen molar-refractivity contribution in [3.05, 3.63) is 41.0 Å². The maximum absolute atomic E-state index is 13.3. The molecule has 2 rings (SSSR count). The molecule has 0 spiro atoms. The third kappa shape index (κ3) is 2.03. The van der Waals surface area contributed by atoms with E-state index < -0.39 is 11.6 Å². The molecule has 15 heavy (non-hydrogen) atoms. The van der Waals surface area contributed by atoms with Crippen LogP contribution in [0.3, 0.4) is 0 Å². The molecule has 0 aliphatic rings. The first-order valence-electron chi connectivity index (χ1n) is 4.31. The zero-order chi connectivity index (χ0) is 10.8. The first kappa shape index (κ1) is 10.2. The van der Waals surface area contributed by atoms with Gasteiger partial charge in [-0.15, -0.1) is 11.3 Å². The van der Waals surface area contributed by atoms with E-state index in [1.165, 1.54) is 17.5 Å². The van der Waals surface area contributed by atoms with Gasteiger partial charge < -0.3 is 5.73 Å².